The van der Waals surface area contributed by atoms with Crippen molar-refractivity contribution in [1.82, 2.24) is 4.57 Å². The third kappa shape index (κ3) is 6.86. The number of aromatic nitrogens is 1. The number of rotatable bonds is 9. The van der Waals surface area contributed by atoms with Crippen molar-refractivity contribution in [2.45, 2.75) is 12.5 Å². The van der Waals surface area contributed by atoms with Crippen molar-refractivity contribution in [3.63, 3.8) is 0 Å². The highest BCUT2D eigenvalue weighted by molar-refractivity contribution is 6.12. The quantitative estimate of drug-likeness (QED) is 0.144. The van der Waals surface area contributed by atoms with Gasteiger partial charge in [0.15, 0.2) is 0 Å². The highest BCUT2D eigenvalue weighted by Gasteiger charge is 2.20. The molecule has 9 aromatic carbocycles. The monoisotopic (exact) mass is 781 g/mol. The number of para-hydroxylation sites is 3. The molecule has 0 saturated heterocycles. The molecule has 1 aliphatic carbocycles. The molecule has 11 rings (SSSR count). The number of nitrogens with zero attached hydrogens (tertiary/aromatic N) is 3. The van der Waals surface area contributed by atoms with E-state index in [1.165, 1.54) is 66.2 Å². The second kappa shape index (κ2) is 15.7. The fourth-order valence-electron chi connectivity index (χ4n) is 9.07. The normalized spacial score (nSPS) is 13.5. The van der Waals surface area contributed by atoms with Crippen molar-refractivity contribution in [3.05, 3.63) is 243 Å². The lowest BCUT2D eigenvalue weighted by molar-refractivity contribution is 0.785. The molecule has 1 aliphatic rings. The molecule has 1 aromatic heterocycles. The Hall–Kier alpha value is -7.88. The van der Waals surface area contributed by atoms with Gasteiger partial charge in [-0.1, -0.05) is 146 Å². The molecule has 0 saturated carbocycles. The van der Waals surface area contributed by atoms with E-state index in [1.54, 1.807) is 0 Å². The van der Waals surface area contributed by atoms with E-state index in [-0.39, 0.29) is 6.04 Å². The third-order valence-corrected chi connectivity index (χ3v) is 12.0. The highest BCUT2D eigenvalue weighted by atomic mass is 15.2. The number of allylic oxidation sites excluding steroid dienone is 2. The Labute approximate surface area is 357 Å². The van der Waals surface area contributed by atoms with Crippen molar-refractivity contribution < 1.29 is 0 Å². The summed E-state index contributed by atoms with van der Waals surface area (Å²) in [4.78, 5) is 4.75. The van der Waals surface area contributed by atoms with Gasteiger partial charge in [0.25, 0.3) is 0 Å². The summed E-state index contributed by atoms with van der Waals surface area (Å²) >= 11 is 0. The summed E-state index contributed by atoms with van der Waals surface area (Å²) in [7, 11) is 0. The summed E-state index contributed by atoms with van der Waals surface area (Å²) in [6, 6.07) is 79.6. The molecule has 3 nitrogen and oxygen atoms in total. The SMILES string of the molecule is C1=CCC(N(c2ccccc2)c2ccc(-c3ccc4c(c3)c3cc(-c5ccc(N(c6ccccc6)c6ccccc6)cc5)ccc3n4-c3ccc4ccccc4c3)cc2)C=C1. The molecule has 290 valence electrons. The van der Waals surface area contributed by atoms with E-state index in [2.05, 4.69) is 257 Å². The second-order valence-corrected chi connectivity index (χ2v) is 15.8. The van der Waals surface area contributed by atoms with Crippen LogP contribution in [0.15, 0.2) is 243 Å². The summed E-state index contributed by atoms with van der Waals surface area (Å²) in [6.07, 6.45) is 9.82. The lowest BCUT2D eigenvalue weighted by atomic mass is 9.99. The van der Waals surface area contributed by atoms with Gasteiger partial charge in [0, 0.05) is 44.9 Å². The molecule has 0 fully saturated rings. The van der Waals surface area contributed by atoms with Crippen LogP contribution in [0.3, 0.4) is 0 Å². The largest absolute Gasteiger partial charge is 0.334 e. The number of hydrogen-bond acceptors (Lipinski definition) is 2. The minimum absolute atomic E-state index is 0.257. The van der Waals surface area contributed by atoms with Gasteiger partial charge in [0.05, 0.1) is 17.1 Å². The maximum atomic E-state index is 2.44. The standard InChI is InChI=1S/C58H43N3/c1-5-17-48(18-6-1)59(49-19-7-2-8-20-49)52-32-25-43(26-33-52)46-30-37-57-55(40-46)56-41-47(31-38-58(56)61(57)54-36-29-42-15-13-14-16-45(42)39-54)44-27-34-53(35-28-44)60(50-21-9-3-10-22-50)51-23-11-4-12-24-51/h1-23,25-41,51H,24H2. The van der Waals surface area contributed by atoms with E-state index in [9.17, 15) is 0 Å². The van der Waals surface area contributed by atoms with E-state index in [1.807, 2.05) is 0 Å². The number of anilines is 5. The molecule has 0 radical (unpaired) electrons. The summed E-state index contributed by atoms with van der Waals surface area (Å²) in [5.41, 5.74) is 14.0. The molecule has 3 heteroatoms. The molecular weight excluding hydrogens is 739 g/mol. The topological polar surface area (TPSA) is 11.4 Å². The zero-order valence-corrected chi connectivity index (χ0v) is 33.7. The van der Waals surface area contributed by atoms with Crippen LogP contribution < -0.4 is 9.80 Å². The lowest BCUT2D eigenvalue weighted by Crippen LogP contribution is -2.29. The van der Waals surface area contributed by atoms with Crippen LogP contribution >= 0.6 is 0 Å². The molecule has 1 unspecified atom stereocenters. The fourth-order valence-corrected chi connectivity index (χ4v) is 9.07. The first-order valence-electron chi connectivity index (χ1n) is 21.1. The molecule has 0 aliphatic heterocycles. The Bertz CT molecular complexity index is 3160. The zero-order valence-electron chi connectivity index (χ0n) is 33.7. The van der Waals surface area contributed by atoms with E-state index in [0.717, 1.165) is 29.2 Å². The van der Waals surface area contributed by atoms with E-state index in [0.29, 0.717) is 0 Å². The van der Waals surface area contributed by atoms with Crippen LogP contribution in [0.1, 0.15) is 6.42 Å². The third-order valence-electron chi connectivity index (χ3n) is 12.0. The molecule has 0 bridgehead atoms. The van der Waals surface area contributed by atoms with Crippen molar-refractivity contribution in [2.24, 2.45) is 0 Å². The Morgan fingerprint density at radius 1 is 0.377 bits per heavy atom. The molecule has 10 aromatic rings. The van der Waals surface area contributed by atoms with Crippen LogP contribution in [0.4, 0.5) is 28.4 Å². The van der Waals surface area contributed by atoms with Gasteiger partial charge in [-0.3, -0.25) is 0 Å². The van der Waals surface area contributed by atoms with Crippen LogP contribution in [-0.2, 0) is 0 Å². The number of benzene rings is 9. The molecule has 1 atom stereocenters. The predicted molar refractivity (Wildman–Crippen MR) is 259 cm³/mol. The molecule has 0 spiro atoms. The van der Waals surface area contributed by atoms with Gasteiger partial charge in [0.2, 0.25) is 0 Å². The molecule has 61 heavy (non-hydrogen) atoms. The summed E-state index contributed by atoms with van der Waals surface area (Å²) in [5.74, 6) is 0. The maximum absolute atomic E-state index is 2.44. The summed E-state index contributed by atoms with van der Waals surface area (Å²) < 4.78 is 2.43. The summed E-state index contributed by atoms with van der Waals surface area (Å²) in [6.45, 7) is 0. The summed E-state index contributed by atoms with van der Waals surface area (Å²) in [5, 5.41) is 4.93. The smallest absolute Gasteiger partial charge is 0.0559 e. The Balaban J connectivity index is 1.01. The van der Waals surface area contributed by atoms with Gasteiger partial charge < -0.3 is 14.4 Å². The number of fused-ring (bicyclic) bond motifs is 4. The van der Waals surface area contributed by atoms with Gasteiger partial charge in [-0.2, -0.15) is 0 Å². The first kappa shape index (κ1) is 36.2. The van der Waals surface area contributed by atoms with Crippen molar-refractivity contribution in [2.75, 3.05) is 9.80 Å². The minimum Gasteiger partial charge on any atom is -0.334 e. The first-order valence-corrected chi connectivity index (χ1v) is 21.1. The van der Waals surface area contributed by atoms with Crippen LogP contribution in [0, 0.1) is 0 Å². The average Bonchev–Trinajstić information content (AvgIpc) is 3.66. The molecule has 0 N–H and O–H groups in total. The highest BCUT2D eigenvalue weighted by Crippen LogP contribution is 2.40. The average molecular weight is 782 g/mol. The lowest BCUT2D eigenvalue weighted by Gasteiger charge is -2.32. The van der Waals surface area contributed by atoms with Gasteiger partial charge in [-0.05, 0) is 137 Å². The van der Waals surface area contributed by atoms with Crippen LogP contribution in [0.2, 0.25) is 0 Å². The Kier molecular flexibility index (Phi) is 9.33. The van der Waals surface area contributed by atoms with Crippen molar-refractivity contribution in [1.29, 1.82) is 0 Å². The van der Waals surface area contributed by atoms with Crippen LogP contribution in [0.5, 0.6) is 0 Å². The molecular formula is C58H43N3. The second-order valence-electron chi connectivity index (χ2n) is 15.8. The first-order chi connectivity index (χ1) is 30.2. The van der Waals surface area contributed by atoms with Crippen LogP contribution in [0.25, 0.3) is 60.5 Å². The van der Waals surface area contributed by atoms with Gasteiger partial charge in [-0.15, -0.1) is 0 Å². The van der Waals surface area contributed by atoms with Gasteiger partial charge >= 0.3 is 0 Å². The van der Waals surface area contributed by atoms with E-state index >= 15 is 0 Å². The molecule has 1 heterocycles. The van der Waals surface area contributed by atoms with Crippen molar-refractivity contribution >= 4 is 61.0 Å². The Morgan fingerprint density at radius 2 is 0.852 bits per heavy atom. The van der Waals surface area contributed by atoms with Gasteiger partial charge in [0.1, 0.15) is 0 Å². The fraction of sp³-hybridized carbons (Fsp3) is 0.0345. The molecule has 0 amide bonds. The number of hydrogen-bond donors (Lipinski definition) is 0. The van der Waals surface area contributed by atoms with Crippen molar-refractivity contribution in [3.8, 4) is 27.9 Å². The Morgan fingerprint density at radius 3 is 1.41 bits per heavy atom. The van der Waals surface area contributed by atoms with Gasteiger partial charge in [-0.25, -0.2) is 0 Å². The zero-order chi connectivity index (χ0) is 40.5. The predicted octanol–water partition coefficient (Wildman–Crippen LogP) is 15.8. The van der Waals surface area contributed by atoms with E-state index in [4.69, 9.17) is 0 Å². The van der Waals surface area contributed by atoms with E-state index < -0.39 is 0 Å². The minimum atomic E-state index is 0.257. The van der Waals surface area contributed by atoms with Crippen LogP contribution in [-0.4, -0.2) is 10.6 Å². The maximum Gasteiger partial charge on any atom is 0.0559 e.